The van der Waals surface area contributed by atoms with Gasteiger partial charge in [-0.3, -0.25) is 4.98 Å². The molecule has 15 heavy (non-hydrogen) atoms. The van der Waals surface area contributed by atoms with Crippen LogP contribution in [0.15, 0.2) is 73.8 Å². The van der Waals surface area contributed by atoms with Crippen molar-refractivity contribution in [2.75, 3.05) is 0 Å². The summed E-state index contributed by atoms with van der Waals surface area (Å²) in [4.78, 5) is 3.78. The molecule has 76 valence electrons. The third-order valence-corrected chi connectivity index (χ3v) is 1.68. The van der Waals surface area contributed by atoms with E-state index in [0.717, 1.165) is 6.54 Å². The quantitative estimate of drug-likeness (QED) is 0.535. The van der Waals surface area contributed by atoms with E-state index in [1.807, 2.05) is 54.9 Å². The SMILES string of the molecule is C=CC[n+]1ccccc1.c1ccncc1. The van der Waals surface area contributed by atoms with Crippen LogP contribution in [0, 0.1) is 0 Å². The molecule has 0 amide bonds. The van der Waals surface area contributed by atoms with Crippen molar-refractivity contribution in [3.63, 3.8) is 0 Å². The minimum absolute atomic E-state index is 0.890. The fourth-order valence-electron chi connectivity index (χ4n) is 1.02. The summed E-state index contributed by atoms with van der Waals surface area (Å²) in [7, 11) is 0. The van der Waals surface area contributed by atoms with Gasteiger partial charge in [0.05, 0.1) is 0 Å². The van der Waals surface area contributed by atoms with Crippen molar-refractivity contribution in [1.29, 1.82) is 0 Å². The van der Waals surface area contributed by atoms with Crippen LogP contribution in [0.2, 0.25) is 0 Å². The Kier molecular flexibility index (Phi) is 5.52. The van der Waals surface area contributed by atoms with E-state index in [2.05, 4.69) is 16.1 Å². The van der Waals surface area contributed by atoms with E-state index in [-0.39, 0.29) is 0 Å². The van der Waals surface area contributed by atoms with Crippen molar-refractivity contribution in [2.24, 2.45) is 0 Å². The Bertz CT molecular complexity index is 330. The number of rotatable bonds is 2. The fraction of sp³-hybridized carbons (Fsp3) is 0.0769. The van der Waals surface area contributed by atoms with Crippen molar-refractivity contribution >= 4 is 0 Å². The van der Waals surface area contributed by atoms with E-state index in [1.165, 1.54) is 0 Å². The van der Waals surface area contributed by atoms with Gasteiger partial charge in [0.2, 0.25) is 0 Å². The van der Waals surface area contributed by atoms with Gasteiger partial charge in [0.1, 0.15) is 0 Å². The molecule has 0 aliphatic heterocycles. The van der Waals surface area contributed by atoms with Crippen molar-refractivity contribution in [3.05, 3.63) is 73.8 Å². The van der Waals surface area contributed by atoms with Crippen LogP contribution in [0.3, 0.4) is 0 Å². The van der Waals surface area contributed by atoms with E-state index in [9.17, 15) is 0 Å². The lowest BCUT2D eigenvalue weighted by Gasteiger charge is -1.86. The lowest BCUT2D eigenvalue weighted by molar-refractivity contribution is -0.687. The van der Waals surface area contributed by atoms with Gasteiger partial charge in [-0.05, 0) is 18.2 Å². The standard InChI is InChI=1S/C8H10N.C5H5N/c1-2-6-9-7-4-3-5-8-9;1-2-4-6-5-3-1/h2-5,7-8H,1,6H2;1-5H/q+1;. The van der Waals surface area contributed by atoms with Crippen LogP contribution in [0.1, 0.15) is 0 Å². The highest BCUT2D eigenvalue weighted by Gasteiger charge is 1.88. The van der Waals surface area contributed by atoms with Crippen molar-refractivity contribution in [2.45, 2.75) is 6.54 Å². The maximum absolute atomic E-state index is 3.78. The highest BCUT2D eigenvalue weighted by atomic mass is 14.9. The maximum atomic E-state index is 3.78. The molecule has 0 radical (unpaired) electrons. The molecule has 0 N–H and O–H groups in total. The Labute approximate surface area is 90.5 Å². The number of allylic oxidation sites excluding steroid dienone is 1. The molecule has 0 aliphatic rings. The Balaban J connectivity index is 0.000000162. The molecule has 0 bridgehead atoms. The summed E-state index contributed by atoms with van der Waals surface area (Å²) in [5.74, 6) is 0. The number of nitrogens with zero attached hydrogens (tertiary/aromatic N) is 2. The molecule has 0 spiro atoms. The normalized spacial score (nSPS) is 8.53. The topological polar surface area (TPSA) is 16.8 Å². The van der Waals surface area contributed by atoms with Gasteiger partial charge >= 0.3 is 0 Å². The highest BCUT2D eigenvalue weighted by Crippen LogP contribution is 1.76. The second-order valence-corrected chi connectivity index (χ2v) is 2.89. The zero-order chi connectivity index (χ0) is 10.8. The highest BCUT2D eigenvalue weighted by molar-refractivity contribution is 4.88. The molecule has 0 saturated carbocycles. The molecule has 0 unspecified atom stereocenters. The summed E-state index contributed by atoms with van der Waals surface area (Å²) >= 11 is 0. The third-order valence-electron chi connectivity index (χ3n) is 1.68. The van der Waals surface area contributed by atoms with Crippen LogP contribution < -0.4 is 4.57 Å². The summed E-state index contributed by atoms with van der Waals surface area (Å²) in [5.41, 5.74) is 0. The first-order valence-electron chi connectivity index (χ1n) is 4.83. The average Bonchev–Trinajstić information content (AvgIpc) is 2.34. The molecule has 0 fully saturated rings. The van der Waals surface area contributed by atoms with Gasteiger partial charge in [0.15, 0.2) is 18.9 Å². The lowest BCUT2D eigenvalue weighted by Crippen LogP contribution is -2.30. The van der Waals surface area contributed by atoms with Crippen molar-refractivity contribution < 1.29 is 4.57 Å². The molecule has 2 heteroatoms. The van der Waals surface area contributed by atoms with Crippen LogP contribution in [0.25, 0.3) is 0 Å². The summed E-state index contributed by atoms with van der Waals surface area (Å²) in [6, 6.07) is 11.7. The molecular weight excluding hydrogens is 184 g/mol. The summed E-state index contributed by atoms with van der Waals surface area (Å²) in [5, 5.41) is 0. The molecular formula is C13H15N2+. The van der Waals surface area contributed by atoms with Gasteiger partial charge in [0, 0.05) is 24.5 Å². The second kappa shape index (κ2) is 7.44. The van der Waals surface area contributed by atoms with Gasteiger partial charge < -0.3 is 0 Å². The first-order valence-corrected chi connectivity index (χ1v) is 4.83. The predicted molar refractivity (Wildman–Crippen MR) is 61.1 cm³/mol. The molecule has 0 aliphatic carbocycles. The Hall–Kier alpha value is -1.96. The fourth-order valence-corrected chi connectivity index (χ4v) is 1.02. The molecule has 0 atom stereocenters. The Morgan fingerprint density at radius 2 is 1.53 bits per heavy atom. The second-order valence-electron chi connectivity index (χ2n) is 2.89. The first-order chi connectivity index (χ1) is 7.43. The number of hydrogen-bond donors (Lipinski definition) is 0. The van der Waals surface area contributed by atoms with Crippen LogP contribution in [-0.4, -0.2) is 4.98 Å². The largest absolute Gasteiger partial charge is 0.265 e. The van der Waals surface area contributed by atoms with Gasteiger partial charge in [-0.1, -0.05) is 18.7 Å². The summed E-state index contributed by atoms with van der Waals surface area (Å²) in [6.45, 7) is 4.52. The van der Waals surface area contributed by atoms with Crippen LogP contribution in [-0.2, 0) is 6.54 Å². The van der Waals surface area contributed by atoms with E-state index in [1.54, 1.807) is 12.4 Å². The molecule has 2 heterocycles. The van der Waals surface area contributed by atoms with Gasteiger partial charge in [-0.2, -0.15) is 0 Å². The van der Waals surface area contributed by atoms with Gasteiger partial charge in [0.25, 0.3) is 0 Å². The molecule has 0 saturated heterocycles. The minimum Gasteiger partial charge on any atom is -0.265 e. The number of pyridine rings is 2. The number of hydrogen-bond acceptors (Lipinski definition) is 1. The Morgan fingerprint density at radius 3 is 1.93 bits per heavy atom. The molecule has 2 aromatic heterocycles. The van der Waals surface area contributed by atoms with Crippen molar-refractivity contribution in [1.82, 2.24) is 4.98 Å². The lowest BCUT2D eigenvalue weighted by atomic mass is 10.5. The molecule has 2 nitrogen and oxygen atoms in total. The monoisotopic (exact) mass is 199 g/mol. The van der Waals surface area contributed by atoms with Gasteiger partial charge in [-0.25, -0.2) is 4.57 Å². The molecule has 2 aromatic rings. The molecule has 2 rings (SSSR count). The van der Waals surface area contributed by atoms with E-state index < -0.39 is 0 Å². The zero-order valence-corrected chi connectivity index (χ0v) is 8.66. The molecule has 0 aromatic carbocycles. The summed E-state index contributed by atoms with van der Waals surface area (Å²) in [6.07, 6.45) is 9.41. The van der Waals surface area contributed by atoms with Gasteiger partial charge in [-0.15, -0.1) is 0 Å². The Morgan fingerprint density at radius 1 is 0.933 bits per heavy atom. The minimum atomic E-state index is 0.890. The first kappa shape index (κ1) is 11.1. The zero-order valence-electron chi connectivity index (χ0n) is 8.66. The third kappa shape index (κ3) is 5.37. The van der Waals surface area contributed by atoms with E-state index >= 15 is 0 Å². The maximum Gasteiger partial charge on any atom is 0.169 e. The van der Waals surface area contributed by atoms with E-state index in [0.29, 0.717) is 0 Å². The van der Waals surface area contributed by atoms with Crippen LogP contribution in [0.5, 0.6) is 0 Å². The summed E-state index contributed by atoms with van der Waals surface area (Å²) < 4.78 is 2.06. The van der Waals surface area contributed by atoms with Crippen LogP contribution in [0.4, 0.5) is 0 Å². The van der Waals surface area contributed by atoms with E-state index in [4.69, 9.17) is 0 Å². The van der Waals surface area contributed by atoms with Crippen molar-refractivity contribution in [3.8, 4) is 0 Å². The average molecular weight is 199 g/mol. The smallest absolute Gasteiger partial charge is 0.169 e. The number of aromatic nitrogens is 2. The van der Waals surface area contributed by atoms with Crippen LogP contribution >= 0.6 is 0 Å². The predicted octanol–water partition coefficient (Wildman–Crippen LogP) is 2.24.